The Morgan fingerprint density at radius 2 is 1.90 bits per heavy atom. The average molecular weight is 301 g/mol. The van der Waals surface area contributed by atoms with Gasteiger partial charge in [0, 0.05) is 10.4 Å². The Hall–Kier alpha value is -1.81. The zero-order chi connectivity index (χ0) is 15.0. The summed E-state index contributed by atoms with van der Waals surface area (Å²) in [7, 11) is 0. The number of aryl methyl sites for hydroxylation is 2. The normalized spacial score (nSPS) is 12.8. The van der Waals surface area contributed by atoms with E-state index in [9.17, 15) is 0 Å². The molecule has 0 amide bonds. The van der Waals surface area contributed by atoms with Crippen LogP contribution in [0.4, 0.5) is 0 Å². The largest absolute Gasteiger partial charge is 0.459 e. The molecule has 0 bridgehead atoms. The molecule has 0 aliphatic rings. The van der Waals surface area contributed by atoms with E-state index in [-0.39, 0.29) is 6.04 Å². The molecule has 21 heavy (non-hydrogen) atoms. The van der Waals surface area contributed by atoms with Gasteiger partial charge in [-0.1, -0.05) is 41.9 Å². The lowest BCUT2D eigenvalue weighted by Crippen LogP contribution is -2.28. The topological polar surface area (TPSA) is 51.2 Å². The molecule has 3 aromatic rings. The Bertz CT molecular complexity index is 795. The number of hydrogen-bond acceptors (Lipinski definition) is 3. The van der Waals surface area contributed by atoms with Gasteiger partial charge in [-0.05, 0) is 42.7 Å². The first-order valence-corrected chi connectivity index (χ1v) is 7.19. The van der Waals surface area contributed by atoms with E-state index in [0.717, 1.165) is 38.4 Å². The van der Waals surface area contributed by atoms with Gasteiger partial charge in [-0.3, -0.25) is 5.84 Å². The van der Waals surface area contributed by atoms with Crippen LogP contribution in [-0.4, -0.2) is 0 Å². The van der Waals surface area contributed by atoms with E-state index < -0.39 is 0 Å². The highest BCUT2D eigenvalue weighted by atomic mass is 35.5. The first-order chi connectivity index (χ1) is 10.1. The van der Waals surface area contributed by atoms with Crippen molar-refractivity contribution in [2.45, 2.75) is 19.9 Å². The van der Waals surface area contributed by atoms with Crippen molar-refractivity contribution in [2.24, 2.45) is 5.84 Å². The number of rotatable bonds is 3. The Morgan fingerprint density at radius 3 is 2.57 bits per heavy atom. The minimum Gasteiger partial charge on any atom is -0.459 e. The number of benzene rings is 2. The van der Waals surface area contributed by atoms with Gasteiger partial charge in [0.2, 0.25) is 0 Å². The summed E-state index contributed by atoms with van der Waals surface area (Å²) in [5.41, 5.74) is 6.83. The fourth-order valence-electron chi connectivity index (χ4n) is 2.50. The summed E-state index contributed by atoms with van der Waals surface area (Å²) >= 11 is 6.21. The van der Waals surface area contributed by atoms with Crippen LogP contribution in [0.1, 0.15) is 28.5 Å². The van der Waals surface area contributed by atoms with Crippen LogP contribution in [0.3, 0.4) is 0 Å². The summed E-state index contributed by atoms with van der Waals surface area (Å²) in [5, 5.41) is 1.79. The summed E-state index contributed by atoms with van der Waals surface area (Å²) in [6, 6.07) is 13.8. The summed E-state index contributed by atoms with van der Waals surface area (Å²) < 4.78 is 5.99. The molecule has 1 heterocycles. The fourth-order valence-corrected chi connectivity index (χ4v) is 2.69. The molecule has 0 saturated heterocycles. The Balaban J connectivity index is 2.09. The standard InChI is InChI=1S/C17H17ClN2O/c1-10-6-7-12(8-14(10)18)16(20-19)15-9-13-5-3-4-11(2)17(13)21-15/h3-9,16,20H,19H2,1-2H3. The molecule has 0 radical (unpaired) electrons. The summed E-state index contributed by atoms with van der Waals surface area (Å²) in [6.07, 6.45) is 0. The number of nitrogens with one attached hydrogen (secondary N) is 1. The third-order valence-corrected chi connectivity index (χ3v) is 4.15. The number of halogens is 1. The third-order valence-electron chi connectivity index (χ3n) is 3.74. The van der Waals surface area contributed by atoms with Crippen LogP contribution < -0.4 is 11.3 Å². The summed E-state index contributed by atoms with van der Waals surface area (Å²) in [5.74, 6) is 6.51. The molecule has 1 atom stereocenters. The zero-order valence-electron chi connectivity index (χ0n) is 12.0. The van der Waals surface area contributed by atoms with Crippen LogP contribution in [-0.2, 0) is 0 Å². The molecule has 3 nitrogen and oxygen atoms in total. The van der Waals surface area contributed by atoms with E-state index in [2.05, 4.69) is 5.43 Å². The minimum absolute atomic E-state index is 0.227. The maximum absolute atomic E-state index is 6.21. The van der Waals surface area contributed by atoms with Gasteiger partial charge in [0.1, 0.15) is 17.4 Å². The maximum Gasteiger partial charge on any atom is 0.137 e. The van der Waals surface area contributed by atoms with Gasteiger partial charge in [0.05, 0.1) is 0 Å². The molecule has 108 valence electrons. The number of para-hydroxylation sites is 1. The highest BCUT2D eigenvalue weighted by molar-refractivity contribution is 6.31. The van der Waals surface area contributed by atoms with Gasteiger partial charge in [-0.15, -0.1) is 0 Å². The van der Waals surface area contributed by atoms with Crippen LogP contribution in [0.15, 0.2) is 46.9 Å². The van der Waals surface area contributed by atoms with Gasteiger partial charge in [-0.2, -0.15) is 0 Å². The first kappa shape index (κ1) is 14.1. The van der Waals surface area contributed by atoms with E-state index in [4.69, 9.17) is 21.9 Å². The van der Waals surface area contributed by atoms with Gasteiger partial charge >= 0.3 is 0 Å². The molecule has 1 unspecified atom stereocenters. The van der Waals surface area contributed by atoms with E-state index >= 15 is 0 Å². The van der Waals surface area contributed by atoms with Crippen LogP contribution in [0.2, 0.25) is 5.02 Å². The molecule has 3 rings (SSSR count). The Kier molecular flexibility index (Phi) is 3.72. The van der Waals surface area contributed by atoms with Crippen LogP contribution in [0.25, 0.3) is 11.0 Å². The number of hydrogen-bond donors (Lipinski definition) is 2. The van der Waals surface area contributed by atoms with Crippen molar-refractivity contribution in [3.05, 3.63) is 69.9 Å². The summed E-state index contributed by atoms with van der Waals surface area (Å²) in [6.45, 7) is 4.00. The van der Waals surface area contributed by atoms with Crippen molar-refractivity contribution in [3.63, 3.8) is 0 Å². The Morgan fingerprint density at radius 1 is 1.10 bits per heavy atom. The molecule has 3 N–H and O–H groups in total. The second-order valence-electron chi connectivity index (χ2n) is 5.25. The van der Waals surface area contributed by atoms with Crippen molar-refractivity contribution in [2.75, 3.05) is 0 Å². The molecular formula is C17H17ClN2O. The van der Waals surface area contributed by atoms with Gasteiger partial charge in [-0.25, -0.2) is 5.43 Å². The third kappa shape index (κ3) is 2.56. The minimum atomic E-state index is -0.227. The second-order valence-corrected chi connectivity index (χ2v) is 5.66. The average Bonchev–Trinajstić information content (AvgIpc) is 2.89. The molecule has 4 heteroatoms. The predicted octanol–water partition coefficient (Wildman–Crippen LogP) is 4.26. The first-order valence-electron chi connectivity index (χ1n) is 6.81. The number of hydrazine groups is 1. The Labute approximate surface area is 128 Å². The number of fused-ring (bicyclic) bond motifs is 1. The van der Waals surface area contributed by atoms with Crippen molar-refractivity contribution in [3.8, 4) is 0 Å². The molecule has 0 aliphatic heterocycles. The van der Waals surface area contributed by atoms with Gasteiger partial charge < -0.3 is 4.42 Å². The van der Waals surface area contributed by atoms with Crippen LogP contribution >= 0.6 is 11.6 Å². The lowest BCUT2D eigenvalue weighted by molar-refractivity contribution is 0.476. The molecule has 0 spiro atoms. The number of furan rings is 1. The second kappa shape index (κ2) is 5.53. The van der Waals surface area contributed by atoms with Crippen molar-refractivity contribution in [1.82, 2.24) is 5.43 Å². The molecular weight excluding hydrogens is 284 g/mol. The SMILES string of the molecule is Cc1ccc(C(NN)c2cc3cccc(C)c3o2)cc1Cl. The van der Waals surface area contributed by atoms with Crippen molar-refractivity contribution < 1.29 is 4.42 Å². The maximum atomic E-state index is 6.21. The molecule has 2 aromatic carbocycles. The molecule has 1 aromatic heterocycles. The monoisotopic (exact) mass is 300 g/mol. The smallest absolute Gasteiger partial charge is 0.137 e. The summed E-state index contributed by atoms with van der Waals surface area (Å²) in [4.78, 5) is 0. The lowest BCUT2D eigenvalue weighted by atomic mass is 10.0. The molecule has 0 aliphatic carbocycles. The van der Waals surface area contributed by atoms with E-state index in [1.165, 1.54) is 0 Å². The van der Waals surface area contributed by atoms with Crippen molar-refractivity contribution in [1.29, 1.82) is 0 Å². The van der Waals surface area contributed by atoms with Crippen LogP contribution in [0, 0.1) is 13.8 Å². The van der Waals surface area contributed by atoms with E-state index in [1.54, 1.807) is 0 Å². The highest BCUT2D eigenvalue weighted by Crippen LogP contribution is 2.31. The quantitative estimate of drug-likeness (QED) is 0.561. The van der Waals surface area contributed by atoms with Gasteiger partial charge in [0.15, 0.2) is 0 Å². The lowest BCUT2D eigenvalue weighted by Gasteiger charge is -2.14. The molecule has 0 saturated carbocycles. The van der Waals surface area contributed by atoms with Crippen molar-refractivity contribution >= 4 is 22.6 Å². The van der Waals surface area contributed by atoms with E-state index in [1.807, 2.05) is 56.3 Å². The zero-order valence-corrected chi connectivity index (χ0v) is 12.7. The fraction of sp³-hybridized carbons (Fsp3) is 0.176. The molecule has 0 fully saturated rings. The van der Waals surface area contributed by atoms with Crippen LogP contribution in [0.5, 0.6) is 0 Å². The predicted molar refractivity (Wildman–Crippen MR) is 86.3 cm³/mol. The van der Waals surface area contributed by atoms with Gasteiger partial charge in [0.25, 0.3) is 0 Å². The van der Waals surface area contributed by atoms with E-state index in [0.29, 0.717) is 0 Å². The highest BCUT2D eigenvalue weighted by Gasteiger charge is 2.18. The number of nitrogens with two attached hydrogens (primary N) is 1.